The van der Waals surface area contributed by atoms with Crippen LogP contribution in [0.1, 0.15) is 22.2 Å². The maximum atomic E-state index is 12.8. The van der Waals surface area contributed by atoms with Crippen molar-refractivity contribution < 1.29 is 4.79 Å². The number of benzene rings is 1. The van der Waals surface area contributed by atoms with E-state index < -0.39 is 0 Å². The van der Waals surface area contributed by atoms with Crippen LogP contribution < -0.4 is 10.9 Å². The fourth-order valence-electron chi connectivity index (χ4n) is 3.10. The average Bonchev–Trinajstić information content (AvgIpc) is 3.14. The van der Waals surface area contributed by atoms with E-state index in [1.807, 2.05) is 43.3 Å². The minimum atomic E-state index is -0.179. The fourth-order valence-corrected chi connectivity index (χ4v) is 4.20. The average molecular weight is 363 g/mol. The first-order chi connectivity index (χ1) is 12.7. The largest absolute Gasteiger partial charge is 0.347 e. The van der Waals surface area contributed by atoms with E-state index in [1.54, 1.807) is 23.0 Å². The van der Waals surface area contributed by atoms with Gasteiger partial charge in [0.2, 0.25) is 0 Å². The molecular weight excluding hydrogens is 346 g/mol. The first kappa shape index (κ1) is 16.5. The second kappa shape index (κ2) is 6.72. The van der Waals surface area contributed by atoms with Gasteiger partial charge >= 0.3 is 0 Å². The number of thiophene rings is 1. The predicted octanol–water partition coefficient (Wildman–Crippen LogP) is 3.56. The fraction of sp³-hybridized carbons (Fsp3) is 0.150. The number of carbonyl (C=O) groups is 1. The molecule has 0 spiro atoms. The molecule has 4 rings (SSSR count). The number of pyridine rings is 2. The van der Waals surface area contributed by atoms with Crippen LogP contribution in [0.3, 0.4) is 0 Å². The molecular formula is C20H17N3O2S. The maximum absolute atomic E-state index is 12.8. The molecule has 0 aliphatic carbocycles. The highest BCUT2D eigenvalue weighted by atomic mass is 32.1. The Morgan fingerprint density at radius 1 is 1.19 bits per heavy atom. The molecule has 0 atom stereocenters. The summed E-state index contributed by atoms with van der Waals surface area (Å²) in [5.74, 6) is -0.179. The lowest BCUT2D eigenvalue weighted by Crippen LogP contribution is -2.22. The molecule has 4 aromatic rings. The topological polar surface area (TPSA) is 64.0 Å². The van der Waals surface area contributed by atoms with Crippen molar-refractivity contribution in [2.45, 2.75) is 20.0 Å². The minimum Gasteiger partial charge on any atom is -0.347 e. The van der Waals surface area contributed by atoms with E-state index in [4.69, 9.17) is 0 Å². The summed E-state index contributed by atoms with van der Waals surface area (Å²) in [6.07, 6.45) is 3.42. The Bertz CT molecular complexity index is 1160. The SMILES string of the molecule is CCn1c(=O)c2cc(C(=O)NCc3cccnc3)sc2c2ccccc21. The molecule has 0 radical (unpaired) electrons. The van der Waals surface area contributed by atoms with Gasteiger partial charge in [0.05, 0.1) is 15.8 Å². The van der Waals surface area contributed by atoms with Crippen LogP contribution in [0.4, 0.5) is 0 Å². The van der Waals surface area contributed by atoms with Crippen LogP contribution in [0.2, 0.25) is 0 Å². The Kier molecular flexibility index (Phi) is 4.26. The first-order valence-electron chi connectivity index (χ1n) is 8.41. The highest BCUT2D eigenvalue weighted by molar-refractivity contribution is 7.21. The highest BCUT2D eigenvalue weighted by Crippen LogP contribution is 2.30. The standard InChI is InChI=1S/C20H17N3O2S/c1-2-23-16-8-4-3-7-14(16)18-15(20(23)25)10-17(26-18)19(24)22-12-13-6-5-9-21-11-13/h3-11H,2,12H2,1H3,(H,22,24). The molecule has 0 aliphatic heterocycles. The smallest absolute Gasteiger partial charge is 0.261 e. The lowest BCUT2D eigenvalue weighted by molar-refractivity contribution is 0.0955. The lowest BCUT2D eigenvalue weighted by atomic mass is 10.1. The Labute approximate surface area is 153 Å². The summed E-state index contributed by atoms with van der Waals surface area (Å²) >= 11 is 1.36. The van der Waals surface area contributed by atoms with Gasteiger partial charge in [-0.1, -0.05) is 24.3 Å². The summed E-state index contributed by atoms with van der Waals surface area (Å²) in [6.45, 7) is 2.95. The van der Waals surface area contributed by atoms with E-state index in [0.29, 0.717) is 23.4 Å². The monoisotopic (exact) mass is 363 g/mol. The molecule has 0 fully saturated rings. The number of fused-ring (bicyclic) bond motifs is 3. The van der Waals surface area contributed by atoms with Crippen molar-refractivity contribution in [2.75, 3.05) is 0 Å². The van der Waals surface area contributed by atoms with Gasteiger partial charge in [-0.15, -0.1) is 11.3 Å². The van der Waals surface area contributed by atoms with E-state index in [1.165, 1.54) is 11.3 Å². The first-order valence-corrected chi connectivity index (χ1v) is 9.23. The number of nitrogens with one attached hydrogen (secondary N) is 1. The summed E-state index contributed by atoms with van der Waals surface area (Å²) in [5.41, 5.74) is 1.78. The molecule has 6 heteroatoms. The van der Waals surface area contributed by atoms with Crippen molar-refractivity contribution in [1.82, 2.24) is 14.9 Å². The quantitative estimate of drug-likeness (QED) is 0.603. The van der Waals surface area contributed by atoms with Crippen LogP contribution in [-0.2, 0) is 13.1 Å². The van der Waals surface area contributed by atoms with E-state index in [2.05, 4.69) is 10.3 Å². The van der Waals surface area contributed by atoms with Gasteiger partial charge in [0.1, 0.15) is 0 Å². The van der Waals surface area contributed by atoms with Gasteiger partial charge in [0.15, 0.2) is 0 Å². The lowest BCUT2D eigenvalue weighted by Gasteiger charge is -2.08. The second-order valence-electron chi connectivity index (χ2n) is 5.96. The summed E-state index contributed by atoms with van der Waals surface area (Å²) in [6, 6.07) is 13.3. The van der Waals surface area contributed by atoms with Gasteiger partial charge in [-0.2, -0.15) is 0 Å². The highest BCUT2D eigenvalue weighted by Gasteiger charge is 2.16. The zero-order chi connectivity index (χ0) is 18.1. The Balaban J connectivity index is 1.75. The normalized spacial score (nSPS) is 11.1. The van der Waals surface area contributed by atoms with Gasteiger partial charge in [0.25, 0.3) is 11.5 Å². The van der Waals surface area contributed by atoms with Crippen LogP contribution in [-0.4, -0.2) is 15.5 Å². The number of aryl methyl sites for hydroxylation is 1. The zero-order valence-corrected chi connectivity index (χ0v) is 15.0. The molecule has 3 heterocycles. The van der Waals surface area contributed by atoms with Gasteiger partial charge in [-0.25, -0.2) is 0 Å². The number of rotatable bonds is 4. The number of hydrogen-bond acceptors (Lipinski definition) is 4. The van der Waals surface area contributed by atoms with E-state index >= 15 is 0 Å². The molecule has 130 valence electrons. The van der Waals surface area contributed by atoms with Crippen molar-refractivity contribution in [3.63, 3.8) is 0 Å². The van der Waals surface area contributed by atoms with Crippen LogP contribution in [0.25, 0.3) is 21.0 Å². The van der Waals surface area contributed by atoms with E-state index in [0.717, 1.165) is 21.2 Å². The number of aromatic nitrogens is 2. The number of carbonyl (C=O) groups excluding carboxylic acids is 1. The van der Waals surface area contributed by atoms with Gasteiger partial charge < -0.3 is 9.88 Å². The molecule has 0 saturated heterocycles. The summed E-state index contributed by atoms with van der Waals surface area (Å²) in [4.78, 5) is 30.0. The van der Waals surface area contributed by atoms with Crippen molar-refractivity contribution in [2.24, 2.45) is 0 Å². The minimum absolute atomic E-state index is 0.0521. The molecule has 0 unspecified atom stereocenters. The molecule has 3 aromatic heterocycles. The Morgan fingerprint density at radius 3 is 2.81 bits per heavy atom. The third-order valence-corrected chi connectivity index (χ3v) is 5.53. The zero-order valence-electron chi connectivity index (χ0n) is 14.2. The van der Waals surface area contributed by atoms with Crippen LogP contribution in [0, 0.1) is 0 Å². The predicted molar refractivity (Wildman–Crippen MR) is 105 cm³/mol. The molecule has 0 aliphatic rings. The third-order valence-electron chi connectivity index (χ3n) is 4.36. The van der Waals surface area contributed by atoms with Gasteiger partial charge in [-0.3, -0.25) is 14.6 Å². The molecule has 0 bridgehead atoms. The van der Waals surface area contributed by atoms with Crippen molar-refractivity contribution in [3.05, 3.63) is 75.7 Å². The van der Waals surface area contributed by atoms with Crippen molar-refractivity contribution >= 4 is 38.2 Å². The number of amides is 1. The van der Waals surface area contributed by atoms with Crippen LogP contribution in [0.15, 0.2) is 59.7 Å². The molecule has 0 saturated carbocycles. The Morgan fingerprint density at radius 2 is 2.04 bits per heavy atom. The second-order valence-corrected chi connectivity index (χ2v) is 7.02. The summed E-state index contributed by atoms with van der Waals surface area (Å²) in [5, 5.41) is 4.49. The summed E-state index contributed by atoms with van der Waals surface area (Å²) < 4.78 is 2.61. The van der Waals surface area contributed by atoms with Crippen LogP contribution >= 0.6 is 11.3 Å². The molecule has 1 aromatic carbocycles. The van der Waals surface area contributed by atoms with Crippen molar-refractivity contribution in [3.8, 4) is 0 Å². The van der Waals surface area contributed by atoms with E-state index in [-0.39, 0.29) is 11.5 Å². The molecule has 1 N–H and O–H groups in total. The number of nitrogens with zero attached hydrogens (tertiary/aromatic N) is 2. The Hall–Kier alpha value is -2.99. The molecule has 1 amide bonds. The molecule has 26 heavy (non-hydrogen) atoms. The van der Waals surface area contributed by atoms with E-state index in [9.17, 15) is 9.59 Å². The third kappa shape index (κ3) is 2.78. The summed E-state index contributed by atoms with van der Waals surface area (Å²) in [7, 11) is 0. The van der Waals surface area contributed by atoms with Gasteiger partial charge in [0, 0.05) is 35.6 Å². The van der Waals surface area contributed by atoms with Crippen molar-refractivity contribution in [1.29, 1.82) is 0 Å². The molecule has 5 nitrogen and oxygen atoms in total. The maximum Gasteiger partial charge on any atom is 0.261 e. The number of hydrogen-bond donors (Lipinski definition) is 1. The van der Waals surface area contributed by atoms with Gasteiger partial charge in [-0.05, 0) is 30.7 Å². The number of para-hydroxylation sites is 1. The van der Waals surface area contributed by atoms with Crippen LogP contribution in [0.5, 0.6) is 0 Å².